The van der Waals surface area contributed by atoms with E-state index in [1.807, 2.05) is 0 Å². The normalized spacial score (nSPS) is 17.1. The maximum atomic E-state index is 12.8. The summed E-state index contributed by atoms with van der Waals surface area (Å²) in [7, 11) is -3.08. The fraction of sp³-hybridized carbons (Fsp3) is 0.312. The number of fused-ring (bicyclic) bond motifs is 1. The van der Waals surface area contributed by atoms with Crippen LogP contribution in [0.4, 0.5) is 0 Å². The van der Waals surface area contributed by atoms with Gasteiger partial charge >= 0.3 is 0 Å². The van der Waals surface area contributed by atoms with Crippen LogP contribution in [-0.4, -0.2) is 38.3 Å². The third-order valence-corrected chi connectivity index (χ3v) is 4.62. The predicted molar refractivity (Wildman–Crippen MR) is 90.8 cm³/mol. The molecule has 8 heteroatoms. The minimum atomic E-state index is -2.86. The number of aromatic amines is 1. The number of methoxy groups -OCH3 is 2. The van der Waals surface area contributed by atoms with Crippen molar-refractivity contribution in [2.45, 2.75) is 24.7 Å². The van der Waals surface area contributed by atoms with E-state index in [0.29, 0.717) is 17.0 Å². The van der Waals surface area contributed by atoms with Crippen molar-refractivity contribution in [2.75, 3.05) is 14.1 Å². The van der Waals surface area contributed by atoms with E-state index in [-0.39, 0.29) is 33.5 Å². The number of rotatable bonds is 5. The standard InChI is InChI=1S/C16H18N4O3S/c1-9-7-17-12(10(2)14(9)23-4)8-24(21)16-18-11-5-6-13(22-3)19-15(11)20-16/h5-7H,8H2,1-4H3,(H,18,19,20)/i1D3,4D3. The van der Waals surface area contributed by atoms with Crippen molar-refractivity contribution in [1.29, 1.82) is 0 Å². The van der Waals surface area contributed by atoms with Gasteiger partial charge in [-0.15, -0.1) is 0 Å². The molecule has 0 saturated heterocycles. The Morgan fingerprint density at radius 1 is 1.33 bits per heavy atom. The van der Waals surface area contributed by atoms with Crippen molar-refractivity contribution < 1.29 is 21.9 Å². The Balaban J connectivity index is 1.96. The SMILES string of the molecule is [2H]C([2H])([2H])Oc1c(C([2H])([2H])[2H])cnc(CS(=O)c2nc3nc(OC)ccc3[nH]2)c1C. The lowest BCUT2D eigenvalue weighted by Gasteiger charge is -2.11. The van der Waals surface area contributed by atoms with Crippen LogP contribution in [0.25, 0.3) is 11.2 Å². The first-order valence-corrected chi connectivity index (χ1v) is 8.18. The smallest absolute Gasteiger partial charge is 0.215 e. The Bertz CT molecular complexity index is 1110. The van der Waals surface area contributed by atoms with Crippen molar-refractivity contribution in [2.24, 2.45) is 0 Å². The van der Waals surface area contributed by atoms with Crippen LogP contribution in [0, 0.1) is 13.8 Å². The van der Waals surface area contributed by atoms with Gasteiger partial charge in [-0.25, -0.2) is 4.98 Å². The number of pyridine rings is 2. The van der Waals surface area contributed by atoms with Crippen LogP contribution in [0.3, 0.4) is 0 Å². The lowest BCUT2D eigenvalue weighted by atomic mass is 10.1. The second-order valence-electron chi connectivity index (χ2n) is 4.93. The van der Waals surface area contributed by atoms with Crippen molar-refractivity contribution in [1.82, 2.24) is 19.9 Å². The molecule has 126 valence electrons. The van der Waals surface area contributed by atoms with Gasteiger partial charge < -0.3 is 14.5 Å². The number of ether oxygens (including phenoxy) is 2. The van der Waals surface area contributed by atoms with Crippen LogP contribution < -0.4 is 9.47 Å². The first-order valence-electron chi connectivity index (χ1n) is 9.86. The van der Waals surface area contributed by atoms with Gasteiger partial charge in [-0.05, 0) is 19.8 Å². The molecule has 0 saturated carbocycles. The van der Waals surface area contributed by atoms with Gasteiger partial charge in [0.25, 0.3) is 0 Å². The third kappa shape index (κ3) is 2.96. The largest absolute Gasteiger partial charge is 0.496 e. The molecule has 1 unspecified atom stereocenters. The van der Waals surface area contributed by atoms with Crippen LogP contribution in [-0.2, 0) is 16.6 Å². The van der Waals surface area contributed by atoms with E-state index in [4.69, 9.17) is 17.7 Å². The number of aromatic nitrogens is 4. The van der Waals surface area contributed by atoms with Gasteiger partial charge in [-0.2, -0.15) is 4.98 Å². The van der Waals surface area contributed by atoms with E-state index in [2.05, 4.69) is 19.9 Å². The molecule has 0 aromatic carbocycles. The van der Waals surface area contributed by atoms with E-state index in [1.165, 1.54) is 14.0 Å². The lowest BCUT2D eigenvalue weighted by molar-refractivity contribution is 0.399. The second-order valence-corrected chi connectivity index (χ2v) is 6.30. The third-order valence-electron chi connectivity index (χ3n) is 3.46. The summed E-state index contributed by atoms with van der Waals surface area (Å²) in [4.78, 5) is 15.3. The van der Waals surface area contributed by atoms with Gasteiger partial charge in [-0.1, -0.05) is 0 Å². The molecule has 0 aliphatic rings. The van der Waals surface area contributed by atoms with E-state index < -0.39 is 24.7 Å². The highest BCUT2D eigenvalue weighted by Crippen LogP contribution is 2.25. The minimum Gasteiger partial charge on any atom is -0.496 e. The topological polar surface area (TPSA) is 90.0 Å². The van der Waals surface area contributed by atoms with E-state index in [0.717, 1.165) is 6.20 Å². The summed E-state index contributed by atoms with van der Waals surface area (Å²) in [5.41, 5.74) is 0.973. The van der Waals surface area contributed by atoms with Gasteiger partial charge in [0.05, 0.1) is 46.0 Å². The van der Waals surface area contributed by atoms with E-state index >= 15 is 0 Å². The summed E-state index contributed by atoms with van der Waals surface area (Å²) >= 11 is 0. The van der Waals surface area contributed by atoms with Gasteiger partial charge in [-0.3, -0.25) is 9.19 Å². The summed E-state index contributed by atoms with van der Waals surface area (Å²) in [6, 6.07) is 3.32. The number of nitrogens with one attached hydrogen (secondary N) is 1. The van der Waals surface area contributed by atoms with Gasteiger partial charge in [0.15, 0.2) is 10.8 Å². The van der Waals surface area contributed by atoms with Crippen molar-refractivity contribution in [3.63, 3.8) is 0 Å². The molecule has 0 bridgehead atoms. The Labute approximate surface area is 150 Å². The van der Waals surface area contributed by atoms with Gasteiger partial charge in [0, 0.05) is 27.5 Å². The van der Waals surface area contributed by atoms with Gasteiger partial charge in [0.1, 0.15) is 5.75 Å². The minimum absolute atomic E-state index is 0.137. The first kappa shape index (κ1) is 10.4. The molecule has 0 amide bonds. The number of imidazole rings is 1. The van der Waals surface area contributed by atoms with Crippen molar-refractivity contribution in [3.05, 3.63) is 35.2 Å². The Morgan fingerprint density at radius 2 is 2.21 bits per heavy atom. The lowest BCUT2D eigenvalue weighted by Crippen LogP contribution is -2.05. The molecule has 0 aliphatic heterocycles. The average molecular weight is 352 g/mol. The highest BCUT2D eigenvalue weighted by atomic mass is 32.2. The number of hydrogen-bond acceptors (Lipinski definition) is 6. The molecule has 24 heavy (non-hydrogen) atoms. The van der Waals surface area contributed by atoms with E-state index in [1.54, 1.807) is 12.1 Å². The number of hydrogen-bond donors (Lipinski definition) is 1. The quantitative estimate of drug-likeness (QED) is 0.758. The molecule has 0 aliphatic carbocycles. The first-order chi connectivity index (χ1) is 13.9. The molecule has 3 rings (SSSR count). The highest BCUT2D eigenvalue weighted by molar-refractivity contribution is 7.84. The molecular formula is C16H18N4O3S. The molecule has 0 spiro atoms. The highest BCUT2D eigenvalue weighted by Gasteiger charge is 2.16. The van der Waals surface area contributed by atoms with Crippen molar-refractivity contribution in [3.8, 4) is 11.6 Å². The molecule has 3 aromatic rings. The second kappa shape index (κ2) is 6.56. The molecule has 1 atom stereocenters. The average Bonchev–Trinajstić information content (AvgIpc) is 3.06. The van der Waals surface area contributed by atoms with Crippen LogP contribution in [0.2, 0.25) is 0 Å². The zero-order chi connectivity index (χ0) is 22.3. The molecule has 3 heterocycles. The molecular weight excluding hydrogens is 328 g/mol. The number of nitrogens with zero attached hydrogens (tertiary/aromatic N) is 3. The number of aryl methyl sites for hydroxylation is 1. The maximum Gasteiger partial charge on any atom is 0.215 e. The van der Waals surface area contributed by atoms with E-state index in [9.17, 15) is 4.21 Å². The van der Waals surface area contributed by atoms with Crippen LogP contribution in [0.5, 0.6) is 11.6 Å². The maximum absolute atomic E-state index is 12.8. The summed E-state index contributed by atoms with van der Waals surface area (Å²) in [6.07, 6.45) is 1.03. The molecule has 7 nitrogen and oxygen atoms in total. The summed E-state index contributed by atoms with van der Waals surface area (Å²) in [5.74, 6) is -0.0925. The van der Waals surface area contributed by atoms with Crippen LogP contribution in [0.15, 0.2) is 23.5 Å². The Kier molecular flexibility index (Phi) is 2.84. The Hall–Kier alpha value is -2.48. The predicted octanol–water partition coefficient (Wildman–Crippen LogP) is 2.29. The summed E-state index contributed by atoms with van der Waals surface area (Å²) < 4.78 is 67.6. The zero-order valence-electron chi connectivity index (χ0n) is 18.9. The monoisotopic (exact) mass is 352 g/mol. The molecule has 1 N–H and O–H groups in total. The Morgan fingerprint density at radius 3 is 2.96 bits per heavy atom. The van der Waals surface area contributed by atoms with Gasteiger partial charge in [0.2, 0.25) is 5.88 Å². The van der Waals surface area contributed by atoms with Crippen molar-refractivity contribution >= 4 is 22.0 Å². The fourth-order valence-corrected chi connectivity index (χ4v) is 3.26. The molecule has 0 radical (unpaired) electrons. The number of H-pyrrole nitrogens is 1. The molecule has 3 aromatic heterocycles. The molecule has 0 fully saturated rings. The summed E-state index contributed by atoms with van der Waals surface area (Å²) in [6.45, 7) is -1.15. The van der Waals surface area contributed by atoms with Crippen LogP contribution >= 0.6 is 0 Å². The van der Waals surface area contributed by atoms with Crippen LogP contribution in [0.1, 0.15) is 25.0 Å². The summed E-state index contributed by atoms with van der Waals surface area (Å²) in [5, 5.41) is 0.144. The fourth-order valence-electron chi connectivity index (χ4n) is 2.18. The zero-order valence-corrected chi connectivity index (χ0v) is 13.7.